The second-order valence-corrected chi connectivity index (χ2v) is 6.42. The molecule has 0 saturated carbocycles. The van der Waals surface area contributed by atoms with Crippen LogP contribution in [0.25, 0.3) is 0 Å². The molecule has 0 spiro atoms. The lowest BCUT2D eigenvalue weighted by molar-refractivity contribution is 0.287. The average Bonchev–Trinajstić information content (AvgIpc) is 2.62. The Bertz CT molecular complexity index is 727. The summed E-state index contributed by atoms with van der Waals surface area (Å²) >= 11 is 0. The minimum absolute atomic E-state index is 0.0936. The summed E-state index contributed by atoms with van der Waals surface area (Å²) in [6, 6.07) is 16.9. The number of nitrogens with one attached hydrogen (secondary N) is 1. The van der Waals surface area contributed by atoms with Gasteiger partial charge in [0, 0.05) is 25.6 Å². The van der Waals surface area contributed by atoms with Gasteiger partial charge in [-0.15, -0.1) is 0 Å². The highest BCUT2D eigenvalue weighted by molar-refractivity contribution is 5.28. The molecule has 1 N–H and O–H groups in total. The van der Waals surface area contributed by atoms with Gasteiger partial charge in [-0.2, -0.15) is 5.26 Å². The molecule has 4 nitrogen and oxygen atoms in total. The van der Waals surface area contributed by atoms with Crippen LogP contribution in [0.1, 0.15) is 30.0 Å². The summed E-state index contributed by atoms with van der Waals surface area (Å²) in [7, 11) is 3.99. The lowest BCUT2D eigenvalue weighted by Gasteiger charge is -2.25. The summed E-state index contributed by atoms with van der Waals surface area (Å²) < 4.78 is 19.2. The molecule has 0 fully saturated rings. The second kappa shape index (κ2) is 10.5. The van der Waals surface area contributed by atoms with Crippen LogP contribution in [0, 0.1) is 17.1 Å². The molecule has 0 aromatic heterocycles. The predicted octanol–water partition coefficient (Wildman–Crippen LogP) is 3.90. The molecule has 2 aromatic carbocycles. The van der Waals surface area contributed by atoms with Gasteiger partial charge in [-0.3, -0.25) is 0 Å². The van der Waals surface area contributed by atoms with E-state index in [0.717, 1.165) is 23.3 Å². The summed E-state index contributed by atoms with van der Waals surface area (Å²) in [4.78, 5) is 2.08. The minimum atomic E-state index is -0.212. The van der Waals surface area contributed by atoms with Crippen LogP contribution in [0.15, 0.2) is 48.5 Å². The van der Waals surface area contributed by atoms with Crippen molar-refractivity contribution in [3.05, 3.63) is 65.5 Å². The molecular formula is C21H26FN3O. The Labute approximate surface area is 155 Å². The first-order valence-electron chi connectivity index (χ1n) is 8.81. The van der Waals surface area contributed by atoms with Gasteiger partial charge in [-0.05, 0) is 55.9 Å². The Kier molecular flexibility index (Phi) is 8.07. The zero-order valence-corrected chi connectivity index (χ0v) is 15.4. The van der Waals surface area contributed by atoms with Crippen LogP contribution < -0.4 is 10.1 Å². The molecule has 0 saturated heterocycles. The molecule has 0 bridgehead atoms. The van der Waals surface area contributed by atoms with Gasteiger partial charge in [0.1, 0.15) is 11.6 Å². The van der Waals surface area contributed by atoms with Gasteiger partial charge >= 0.3 is 0 Å². The van der Waals surface area contributed by atoms with E-state index in [4.69, 9.17) is 10.00 Å². The van der Waals surface area contributed by atoms with E-state index < -0.39 is 0 Å². The van der Waals surface area contributed by atoms with E-state index in [9.17, 15) is 4.39 Å². The van der Waals surface area contributed by atoms with Crippen molar-refractivity contribution < 1.29 is 9.13 Å². The third-order valence-corrected chi connectivity index (χ3v) is 4.12. The Morgan fingerprint density at radius 3 is 2.73 bits per heavy atom. The first-order valence-corrected chi connectivity index (χ1v) is 8.81. The van der Waals surface area contributed by atoms with Gasteiger partial charge in [0.2, 0.25) is 0 Å². The van der Waals surface area contributed by atoms with Gasteiger partial charge in [0.15, 0.2) is 0 Å². The van der Waals surface area contributed by atoms with Crippen LogP contribution >= 0.6 is 0 Å². The normalized spacial score (nSPS) is 12.0. The van der Waals surface area contributed by atoms with Crippen molar-refractivity contribution in [1.29, 1.82) is 5.26 Å². The van der Waals surface area contributed by atoms with Crippen molar-refractivity contribution >= 4 is 0 Å². The Morgan fingerprint density at radius 1 is 1.19 bits per heavy atom. The maximum atomic E-state index is 13.5. The van der Waals surface area contributed by atoms with Gasteiger partial charge < -0.3 is 15.0 Å². The number of nitriles is 1. The fraction of sp³-hybridized carbons (Fsp3) is 0.381. The van der Waals surface area contributed by atoms with Crippen LogP contribution in [0.4, 0.5) is 4.39 Å². The molecule has 26 heavy (non-hydrogen) atoms. The Balaban J connectivity index is 1.88. The zero-order chi connectivity index (χ0) is 18.8. The highest BCUT2D eigenvalue weighted by Gasteiger charge is 2.14. The van der Waals surface area contributed by atoms with E-state index in [-0.39, 0.29) is 11.9 Å². The van der Waals surface area contributed by atoms with Crippen LogP contribution in [0.3, 0.4) is 0 Å². The van der Waals surface area contributed by atoms with E-state index in [0.29, 0.717) is 26.1 Å². The van der Waals surface area contributed by atoms with Crippen LogP contribution in [0.5, 0.6) is 5.75 Å². The number of benzene rings is 2. The molecule has 0 heterocycles. The van der Waals surface area contributed by atoms with Crippen LogP contribution in [0.2, 0.25) is 0 Å². The summed E-state index contributed by atoms with van der Waals surface area (Å²) in [5.74, 6) is 0.604. The van der Waals surface area contributed by atoms with E-state index >= 15 is 0 Å². The highest BCUT2D eigenvalue weighted by atomic mass is 19.1. The van der Waals surface area contributed by atoms with Crippen molar-refractivity contribution in [3.8, 4) is 11.8 Å². The third kappa shape index (κ3) is 6.47. The molecule has 1 unspecified atom stereocenters. The SMILES string of the molecule is CN(C)C(CNCc1cccc(OCCCC#N)c1)c1cccc(F)c1. The van der Waals surface area contributed by atoms with Gasteiger partial charge in [-0.1, -0.05) is 24.3 Å². The van der Waals surface area contributed by atoms with Crippen LogP contribution in [-0.2, 0) is 6.54 Å². The largest absolute Gasteiger partial charge is 0.494 e. The summed E-state index contributed by atoms with van der Waals surface area (Å²) in [5.41, 5.74) is 2.08. The quantitative estimate of drug-likeness (QED) is 0.657. The molecule has 5 heteroatoms. The summed E-state index contributed by atoms with van der Waals surface area (Å²) in [5, 5.41) is 12.0. The molecule has 0 aliphatic rings. The maximum Gasteiger partial charge on any atom is 0.123 e. The number of hydrogen-bond donors (Lipinski definition) is 1. The Hall–Kier alpha value is -2.42. The number of nitrogens with zero attached hydrogens (tertiary/aromatic N) is 2. The maximum absolute atomic E-state index is 13.5. The number of ether oxygens (including phenoxy) is 1. The monoisotopic (exact) mass is 355 g/mol. The molecule has 0 aliphatic carbocycles. The average molecular weight is 355 g/mol. The van der Waals surface area contributed by atoms with Crippen molar-refractivity contribution in [2.45, 2.75) is 25.4 Å². The van der Waals surface area contributed by atoms with Gasteiger partial charge in [0.05, 0.1) is 12.7 Å². The van der Waals surface area contributed by atoms with Crippen molar-refractivity contribution in [1.82, 2.24) is 10.2 Å². The lowest BCUT2D eigenvalue weighted by atomic mass is 10.1. The van der Waals surface area contributed by atoms with E-state index in [1.165, 1.54) is 6.07 Å². The molecule has 0 amide bonds. The first kappa shape index (κ1) is 19.9. The molecule has 138 valence electrons. The summed E-state index contributed by atoms with van der Waals surface area (Å²) in [6.07, 6.45) is 1.24. The standard InChI is InChI=1S/C21H26FN3O/c1-25(2)21(18-8-6-9-19(22)14-18)16-24-15-17-7-5-10-20(13-17)26-12-4-3-11-23/h5-10,13-14,21,24H,3-4,12,15-16H2,1-2H3. The molecule has 1 atom stereocenters. The Morgan fingerprint density at radius 2 is 2.00 bits per heavy atom. The molecular weight excluding hydrogens is 329 g/mol. The third-order valence-electron chi connectivity index (χ3n) is 4.12. The number of rotatable bonds is 10. The van der Waals surface area contributed by atoms with E-state index in [1.54, 1.807) is 12.1 Å². The molecule has 2 aromatic rings. The predicted molar refractivity (Wildman–Crippen MR) is 101 cm³/mol. The molecule has 2 rings (SSSR count). The fourth-order valence-corrected chi connectivity index (χ4v) is 2.75. The first-order chi connectivity index (χ1) is 12.6. The van der Waals surface area contributed by atoms with Gasteiger partial charge in [0.25, 0.3) is 0 Å². The molecule has 0 aliphatic heterocycles. The second-order valence-electron chi connectivity index (χ2n) is 6.42. The van der Waals surface area contributed by atoms with Crippen molar-refractivity contribution in [2.75, 3.05) is 27.2 Å². The number of hydrogen-bond acceptors (Lipinski definition) is 4. The topological polar surface area (TPSA) is 48.3 Å². The van der Waals surface area contributed by atoms with Crippen molar-refractivity contribution in [3.63, 3.8) is 0 Å². The number of likely N-dealkylation sites (N-methyl/N-ethyl adjacent to an activating group) is 1. The summed E-state index contributed by atoms with van der Waals surface area (Å²) in [6.45, 7) is 1.96. The fourth-order valence-electron chi connectivity index (χ4n) is 2.75. The number of halogens is 1. The lowest BCUT2D eigenvalue weighted by Crippen LogP contribution is -2.30. The van der Waals surface area contributed by atoms with Crippen LogP contribution in [-0.4, -0.2) is 32.1 Å². The number of unbranched alkanes of at least 4 members (excludes halogenated alkanes) is 1. The minimum Gasteiger partial charge on any atom is -0.494 e. The molecule has 0 radical (unpaired) electrons. The van der Waals surface area contributed by atoms with E-state index in [2.05, 4.69) is 16.3 Å². The van der Waals surface area contributed by atoms with E-state index in [1.807, 2.05) is 44.4 Å². The smallest absolute Gasteiger partial charge is 0.123 e. The van der Waals surface area contributed by atoms with Gasteiger partial charge in [-0.25, -0.2) is 4.39 Å². The highest BCUT2D eigenvalue weighted by Crippen LogP contribution is 2.19. The zero-order valence-electron chi connectivity index (χ0n) is 15.4. The van der Waals surface area contributed by atoms with Crippen molar-refractivity contribution in [2.24, 2.45) is 0 Å².